The number of ether oxygens (including phenoxy) is 1. The summed E-state index contributed by atoms with van der Waals surface area (Å²) in [5.41, 5.74) is 5.30. The molecule has 3 aromatic rings. The van der Waals surface area contributed by atoms with Gasteiger partial charge in [0.1, 0.15) is 12.4 Å². The van der Waals surface area contributed by atoms with Crippen LogP contribution in [-0.4, -0.2) is 6.21 Å². The summed E-state index contributed by atoms with van der Waals surface area (Å²) in [6, 6.07) is 21.9. The number of aliphatic imine (C=N–C) groups is 1. The van der Waals surface area contributed by atoms with E-state index in [1.807, 2.05) is 60.8 Å². The number of halogens is 1. The Morgan fingerprint density at radius 3 is 2.52 bits per heavy atom. The summed E-state index contributed by atoms with van der Waals surface area (Å²) in [5, 5.41) is 0.661. The van der Waals surface area contributed by atoms with Crippen LogP contribution in [0.25, 0.3) is 0 Å². The van der Waals surface area contributed by atoms with Gasteiger partial charge < -0.3 is 4.74 Å². The molecule has 0 saturated heterocycles. The number of nitrogens with zero attached hydrogens (tertiary/aromatic N) is 1. The monoisotopic (exact) mass is 349 g/mol. The molecule has 0 heterocycles. The molecule has 0 radical (unpaired) electrons. The van der Waals surface area contributed by atoms with Crippen molar-refractivity contribution >= 4 is 23.5 Å². The first-order valence-electron chi connectivity index (χ1n) is 8.19. The van der Waals surface area contributed by atoms with Crippen LogP contribution in [0.2, 0.25) is 5.02 Å². The lowest BCUT2D eigenvalue weighted by molar-refractivity contribution is 0.306. The highest BCUT2D eigenvalue weighted by Crippen LogP contribution is 2.25. The molecule has 0 amide bonds. The second-order valence-corrected chi connectivity index (χ2v) is 6.44. The molecule has 0 saturated carbocycles. The summed E-state index contributed by atoms with van der Waals surface area (Å²) in [6.45, 7) is 4.64. The van der Waals surface area contributed by atoms with Gasteiger partial charge in [-0.3, -0.25) is 4.99 Å². The van der Waals surface area contributed by atoms with Crippen molar-refractivity contribution in [3.63, 3.8) is 0 Å². The first-order chi connectivity index (χ1) is 12.1. The van der Waals surface area contributed by atoms with Crippen molar-refractivity contribution in [1.29, 1.82) is 0 Å². The van der Waals surface area contributed by atoms with Gasteiger partial charge in [-0.2, -0.15) is 0 Å². The molecule has 0 aliphatic heterocycles. The van der Waals surface area contributed by atoms with Crippen molar-refractivity contribution in [2.45, 2.75) is 20.5 Å². The van der Waals surface area contributed by atoms with Crippen molar-refractivity contribution in [3.05, 3.63) is 94.0 Å². The van der Waals surface area contributed by atoms with Gasteiger partial charge in [0.2, 0.25) is 0 Å². The van der Waals surface area contributed by atoms with Gasteiger partial charge in [0, 0.05) is 16.8 Å². The van der Waals surface area contributed by atoms with E-state index in [4.69, 9.17) is 16.3 Å². The molecule has 0 aliphatic carbocycles. The molecule has 0 aromatic heterocycles. The van der Waals surface area contributed by atoms with E-state index in [2.05, 4.69) is 31.0 Å². The van der Waals surface area contributed by atoms with E-state index in [9.17, 15) is 0 Å². The van der Waals surface area contributed by atoms with Crippen molar-refractivity contribution in [2.75, 3.05) is 0 Å². The molecule has 0 bridgehead atoms. The van der Waals surface area contributed by atoms with Gasteiger partial charge >= 0.3 is 0 Å². The molecule has 3 rings (SSSR count). The summed E-state index contributed by atoms with van der Waals surface area (Å²) >= 11 is 6.15. The van der Waals surface area contributed by atoms with Crippen LogP contribution >= 0.6 is 11.6 Å². The second kappa shape index (κ2) is 8.00. The zero-order chi connectivity index (χ0) is 17.6. The van der Waals surface area contributed by atoms with Gasteiger partial charge in [0.05, 0.1) is 5.69 Å². The lowest BCUT2D eigenvalue weighted by Gasteiger charge is -2.10. The molecule has 0 atom stereocenters. The number of aryl methyl sites for hydroxylation is 2. The maximum atomic E-state index is 6.15. The van der Waals surface area contributed by atoms with Crippen molar-refractivity contribution in [2.24, 2.45) is 4.99 Å². The minimum absolute atomic E-state index is 0.507. The molecule has 0 unspecified atom stereocenters. The van der Waals surface area contributed by atoms with Gasteiger partial charge in [-0.1, -0.05) is 59.6 Å². The molecule has 2 nitrogen and oxygen atoms in total. The number of rotatable bonds is 5. The summed E-state index contributed by atoms with van der Waals surface area (Å²) in [7, 11) is 0. The third kappa shape index (κ3) is 4.71. The zero-order valence-electron chi connectivity index (χ0n) is 14.4. The van der Waals surface area contributed by atoms with Crippen LogP contribution in [0.15, 0.2) is 71.7 Å². The van der Waals surface area contributed by atoms with E-state index in [1.54, 1.807) is 0 Å². The smallest absolute Gasteiger partial charge is 0.128 e. The molecule has 126 valence electrons. The molecule has 0 spiro atoms. The fourth-order valence-electron chi connectivity index (χ4n) is 2.58. The van der Waals surface area contributed by atoms with E-state index >= 15 is 0 Å². The molecule has 3 aromatic carbocycles. The van der Waals surface area contributed by atoms with Crippen LogP contribution in [0.1, 0.15) is 22.3 Å². The van der Waals surface area contributed by atoms with Crippen LogP contribution in [-0.2, 0) is 6.61 Å². The fourth-order valence-corrected chi connectivity index (χ4v) is 2.76. The van der Waals surface area contributed by atoms with E-state index in [1.165, 1.54) is 5.56 Å². The van der Waals surface area contributed by atoms with Gasteiger partial charge in [-0.25, -0.2) is 0 Å². The molecule has 0 fully saturated rings. The highest BCUT2D eigenvalue weighted by molar-refractivity contribution is 6.30. The third-order valence-electron chi connectivity index (χ3n) is 3.90. The number of benzene rings is 3. The van der Waals surface area contributed by atoms with E-state index in [-0.39, 0.29) is 0 Å². The standard InChI is InChI=1S/C22H20ClNO/c1-16-8-10-21(17(2)12-16)24-14-19-13-20(23)9-11-22(19)25-15-18-6-4-3-5-7-18/h3-14H,15H2,1-2H3. The highest BCUT2D eigenvalue weighted by Gasteiger charge is 2.04. The Morgan fingerprint density at radius 2 is 1.76 bits per heavy atom. The topological polar surface area (TPSA) is 21.6 Å². The zero-order valence-corrected chi connectivity index (χ0v) is 15.1. The highest BCUT2D eigenvalue weighted by atomic mass is 35.5. The fraction of sp³-hybridized carbons (Fsp3) is 0.136. The van der Waals surface area contributed by atoms with Gasteiger partial charge in [0.15, 0.2) is 0 Å². The van der Waals surface area contributed by atoms with Gasteiger partial charge in [-0.05, 0) is 49.2 Å². The van der Waals surface area contributed by atoms with Crippen molar-refractivity contribution in [3.8, 4) is 5.75 Å². The largest absolute Gasteiger partial charge is 0.488 e. The van der Waals surface area contributed by atoms with E-state index < -0.39 is 0 Å². The maximum Gasteiger partial charge on any atom is 0.128 e. The Kier molecular flexibility index (Phi) is 5.52. The summed E-state index contributed by atoms with van der Waals surface area (Å²) < 4.78 is 5.97. The number of hydrogen-bond donors (Lipinski definition) is 0. The van der Waals surface area contributed by atoms with Crippen molar-refractivity contribution < 1.29 is 4.74 Å². The summed E-state index contributed by atoms with van der Waals surface area (Å²) in [6.07, 6.45) is 1.81. The molecule has 3 heteroatoms. The second-order valence-electron chi connectivity index (χ2n) is 6.00. The molecule has 25 heavy (non-hydrogen) atoms. The van der Waals surface area contributed by atoms with E-state index in [0.29, 0.717) is 11.6 Å². The maximum absolute atomic E-state index is 6.15. The average molecular weight is 350 g/mol. The van der Waals surface area contributed by atoms with Crippen LogP contribution in [0, 0.1) is 13.8 Å². The Bertz CT molecular complexity index is 888. The lowest BCUT2D eigenvalue weighted by Crippen LogP contribution is -1.98. The van der Waals surface area contributed by atoms with Gasteiger partial charge in [-0.15, -0.1) is 0 Å². The first kappa shape index (κ1) is 17.2. The molecular weight excluding hydrogens is 330 g/mol. The van der Waals surface area contributed by atoms with Crippen LogP contribution in [0.4, 0.5) is 5.69 Å². The quantitative estimate of drug-likeness (QED) is 0.496. The Hall–Kier alpha value is -2.58. The SMILES string of the molecule is Cc1ccc(N=Cc2cc(Cl)ccc2OCc2ccccc2)c(C)c1. The normalized spacial score (nSPS) is 11.0. The minimum atomic E-state index is 0.507. The Morgan fingerprint density at radius 1 is 0.960 bits per heavy atom. The average Bonchev–Trinajstić information content (AvgIpc) is 2.61. The van der Waals surface area contributed by atoms with E-state index in [0.717, 1.165) is 28.1 Å². The molecule has 0 aliphatic rings. The van der Waals surface area contributed by atoms with Gasteiger partial charge in [0.25, 0.3) is 0 Å². The van der Waals surface area contributed by atoms with Crippen molar-refractivity contribution in [1.82, 2.24) is 0 Å². The Balaban J connectivity index is 1.82. The number of hydrogen-bond acceptors (Lipinski definition) is 2. The third-order valence-corrected chi connectivity index (χ3v) is 4.14. The predicted molar refractivity (Wildman–Crippen MR) is 105 cm³/mol. The Labute approximate surface area is 153 Å². The molecular formula is C22H20ClNO. The van der Waals surface area contributed by atoms with Crippen LogP contribution in [0.5, 0.6) is 5.75 Å². The predicted octanol–water partition coefficient (Wildman–Crippen LogP) is 6.29. The van der Waals surface area contributed by atoms with Crippen LogP contribution in [0.3, 0.4) is 0 Å². The summed E-state index contributed by atoms with van der Waals surface area (Å²) in [4.78, 5) is 4.61. The first-order valence-corrected chi connectivity index (χ1v) is 8.57. The lowest BCUT2D eigenvalue weighted by atomic mass is 10.1. The van der Waals surface area contributed by atoms with Crippen LogP contribution < -0.4 is 4.74 Å². The molecule has 0 N–H and O–H groups in total. The summed E-state index contributed by atoms with van der Waals surface area (Å²) in [5.74, 6) is 0.766. The minimum Gasteiger partial charge on any atom is -0.488 e.